The van der Waals surface area contributed by atoms with Crippen LogP contribution in [0.4, 0.5) is 0 Å². The molecule has 2 atom stereocenters. The zero-order chi connectivity index (χ0) is 18.2. The van der Waals surface area contributed by atoms with Gasteiger partial charge in [0.2, 0.25) is 11.8 Å². The Bertz CT molecular complexity index is 571. The van der Waals surface area contributed by atoms with Crippen LogP contribution in [0.5, 0.6) is 5.75 Å². The van der Waals surface area contributed by atoms with Crippen LogP contribution in [0.1, 0.15) is 45.1 Å². The van der Waals surface area contributed by atoms with Crippen molar-refractivity contribution >= 4 is 11.8 Å². The molecule has 0 unspecified atom stereocenters. The molecule has 0 radical (unpaired) electrons. The van der Waals surface area contributed by atoms with Gasteiger partial charge in [0.25, 0.3) is 0 Å². The van der Waals surface area contributed by atoms with Gasteiger partial charge in [-0.05, 0) is 50.3 Å². The van der Waals surface area contributed by atoms with Gasteiger partial charge in [-0.1, -0.05) is 19.1 Å². The minimum absolute atomic E-state index is 0.0762. The standard InChI is InChI=1S/C20H30N2O3/c1-4-19(23)22-13-5-6-17(14-22)20(24)21-15(2)7-8-16-9-11-18(25-3)12-10-16/h9-12,15,17H,4-8,13-14H2,1-3H3,(H,21,24)/t15-,17-/m1/s1. The molecule has 0 aromatic heterocycles. The first-order valence-corrected chi connectivity index (χ1v) is 9.24. The van der Waals surface area contributed by atoms with E-state index in [0.717, 1.165) is 38.0 Å². The van der Waals surface area contributed by atoms with Crippen LogP contribution >= 0.6 is 0 Å². The molecule has 0 saturated carbocycles. The van der Waals surface area contributed by atoms with Crippen LogP contribution in [0.15, 0.2) is 24.3 Å². The summed E-state index contributed by atoms with van der Waals surface area (Å²) in [4.78, 5) is 26.2. The van der Waals surface area contributed by atoms with Crippen LogP contribution in [-0.2, 0) is 16.0 Å². The molecule has 0 spiro atoms. The lowest BCUT2D eigenvalue weighted by atomic mass is 9.96. The van der Waals surface area contributed by atoms with Gasteiger partial charge in [-0.2, -0.15) is 0 Å². The predicted molar refractivity (Wildman–Crippen MR) is 98.5 cm³/mol. The van der Waals surface area contributed by atoms with Crippen LogP contribution in [0.2, 0.25) is 0 Å². The van der Waals surface area contributed by atoms with E-state index in [1.165, 1.54) is 5.56 Å². The maximum absolute atomic E-state index is 12.5. The van der Waals surface area contributed by atoms with Crippen molar-refractivity contribution in [2.45, 2.75) is 52.0 Å². The van der Waals surface area contributed by atoms with Gasteiger partial charge in [0.1, 0.15) is 5.75 Å². The van der Waals surface area contributed by atoms with E-state index in [1.807, 2.05) is 30.9 Å². The summed E-state index contributed by atoms with van der Waals surface area (Å²) in [7, 11) is 1.66. The van der Waals surface area contributed by atoms with E-state index in [0.29, 0.717) is 13.0 Å². The first-order chi connectivity index (χ1) is 12.0. The van der Waals surface area contributed by atoms with Crippen LogP contribution in [0.3, 0.4) is 0 Å². The van der Waals surface area contributed by atoms with Crippen molar-refractivity contribution in [1.29, 1.82) is 0 Å². The Kier molecular flexibility index (Phi) is 7.29. The fraction of sp³-hybridized carbons (Fsp3) is 0.600. The third-order valence-electron chi connectivity index (χ3n) is 4.86. The molecule has 5 nitrogen and oxygen atoms in total. The second-order valence-electron chi connectivity index (χ2n) is 6.83. The third kappa shape index (κ3) is 5.76. The molecule has 1 saturated heterocycles. The number of hydrogen-bond acceptors (Lipinski definition) is 3. The molecule has 2 amide bonds. The lowest BCUT2D eigenvalue weighted by Crippen LogP contribution is -2.47. The maximum atomic E-state index is 12.5. The lowest BCUT2D eigenvalue weighted by molar-refractivity contribution is -0.135. The minimum Gasteiger partial charge on any atom is -0.497 e. The minimum atomic E-state index is -0.0762. The van der Waals surface area contributed by atoms with E-state index < -0.39 is 0 Å². The van der Waals surface area contributed by atoms with Crippen LogP contribution in [0, 0.1) is 5.92 Å². The lowest BCUT2D eigenvalue weighted by Gasteiger charge is -2.32. The van der Waals surface area contributed by atoms with Gasteiger partial charge in [-0.25, -0.2) is 0 Å². The van der Waals surface area contributed by atoms with Crippen LogP contribution < -0.4 is 10.1 Å². The molecular formula is C20H30N2O3. The molecule has 1 aliphatic heterocycles. The average Bonchev–Trinajstić information content (AvgIpc) is 2.66. The summed E-state index contributed by atoms with van der Waals surface area (Å²) in [6.45, 7) is 5.25. The van der Waals surface area contributed by atoms with Crippen LogP contribution in [-0.4, -0.2) is 43.0 Å². The summed E-state index contributed by atoms with van der Waals surface area (Å²) in [5.74, 6) is 1.00. The Morgan fingerprint density at radius 3 is 2.68 bits per heavy atom. The summed E-state index contributed by atoms with van der Waals surface area (Å²) in [5.41, 5.74) is 1.24. The Balaban J connectivity index is 1.77. The van der Waals surface area contributed by atoms with E-state index in [9.17, 15) is 9.59 Å². The number of carbonyl (C=O) groups excluding carboxylic acids is 2. The largest absolute Gasteiger partial charge is 0.497 e. The molecule has 5 heteroatoms. The first-order valence-electron chi connectivity index (χ1n) is 9.24. The molecule has 25 heavy (non-hydrogen) atoms. The number of likely N-dealkylation sites (tertiary alicyclic amines) is 1. The van der Waals surface area contributed by atoms with Crippen molar-refractivity contribution in [2.24, 2.45) is 5.92 Å². The normalized spacial score (nSPS) is 18.5. The number of amides is 2. The van der Waals surface area contributed by atoms with E-state index in [4.69, 9.17) is 4.74 Å². The van der Waals surface area contributed by atoms with Crippen molar-refractivity contribution in [3.05, 3.63) is 29.8 Å². The van der Waals surface area contributed by atoms with Gasteiger partial charge in [0, 0.05) is 25.6 Å². The Labute approximate surface area is 150 Å². The summed E-state index contributed by atoms with van der Waals surface area (Å²) in [6, 6.07) is 8.15. The highest BCUT2D eigenvalue weighted by Crippen LogP contribution is 2.18. The number of hydrogen-bond donors (Lipinski definition) is 1. The predicted octanol–water partition coefficient (Wildman–Crippen LogP) is 2.78. The van der Waals surface area contributed by atoms with E-state index >= 15 is 0 Å². The Hall–Kier alpha value is -2.04. The molecule has 138 valence electrons. The fourth-order valence-electron chi connectivity index (χ4n) is 3.25. The molecule has 1 aromatic carbocycles. The molecule has 2 rings (SSSR count). The number of aryl methyl sites for hydroxylation is 1. The van der Waals surface area contributed by atoms with E-state index in [2.05, 4.69) is 17.4 Å². The molecule has 0 aliphatic carbocycles. The molecule has 1 fully saturated rings. The first kappa shape index (κ1) is 19.3. The Morgan fingerprint density at radius 1 is 1.32 bits per heavy atom. The molecule has 0 bridgehead atoms. The molecule has 1 aliphatic rings. The highest BCUT2D eigenvalue weighted by molar-refractivity contribution is 5.81. The number of piperidine rings is 1. The third-order valence-corrected chi connectivity index (χ3v) is 4.86. The van der Waals surface area contributed by atoms with E-state index in [-0.39, 0.29) is 23.8 Å². The molecule has 1 heterocycles. The average molecular weight is 346 g/mol. The van der Waals surface area contributed by atoms with Gasteiger partial charge < -0.3 is 15.0 Å². The topological polar surface area (TPSA) is 58.6 Å². The van der Waals surface area contributed by atoms with Crippen LogP contribution in [0.25, 0.3) is 0 Å². The number of rotatable bonds is 7. The van der Waals surface area contributed by atoms with Gasteiger partial charge >= 0.3 is 0 Å². The summed E-state index contributed by atoms with van der Waals surface area (Å²) < 4.78 is 5.16. The van der Waals surface area contributed by atoms with Crippen molar-refractivity contribution in [3.63, 3.8) is 0 Å². The molecular weight excluding hydrogens is 316 g/mol. The second kappa shape index (κ2) is 9.44. The van der Waals surface area contributed by atoms with Gasteiger partial charge in [-0.15, -0.1) is 0 Å². The number of nitrogens with one attached hydrogen (secondary N) is 1. The van der Waals surface area contributed by atoms with Crippen molar-refractivity contribution in [2.75, 3.05) is 20.2 Å². The number of nitrogens with zero attached hydrogens (tertiary/aromatic N) is 1. The summed E-state index contributed by atoms with van der Waals surface area (Å²) in [5, 5.41) is 3.12. The van der Waals surface area contributed by atoms with Crippen molar-refractivity contribution in [1.82, 2.24) is 10.2 Å². The van der Waals surface area contributed by atoms with Gasteiger partial charge in [-0.3, -0.25) is 9.59 Å². The van der Waals surface area contributed by atoms with Gasteiger partial charge in [0.05, 0.1) is 13.0 Å². The fourth-order valence-corrected chi connectivity index (χ4v) is 3.25. The van der Waals surface area contributed by atoms with Crippen molar-refractivity contribution in [3.8, 4) is 5.75 Å². The van der Waals surface area contributed by atoms with E-state index in [1.54, 1.807) is 7.11 Å². The van der Waals surface area contributed by atoms with Crippen molar-refractivity contribution < 1.29 is 14.3 Å². The quantitative estimate of drug-likeness (QED) is 0.826. The Morgan fingerprint density at radius 2 is 2.04 bits per heavy atom. The number of benzene rings is 1. The second-order valence-corrected chi connectivity index (χ2v) is 6.83. The monoisotopic (exact) mass is 346 g/mol. The smallest absolute Gasteiger partial charge is 0.225 e. The molecule has 1 aromatic rings. The number of carbonyl (C=O) groups is 2. The summed E-state index contributed by atoms with van der Waals surface area (Å²) >= 11 is 0. The summed E-state index contributed by atoms with van der Waals surface area (Å²) in [6.07, 6.45) is 4.08. The number of methoxy groups -OCH3 is 1. The molecule has 1 N–H and O–H groups in total. The highest BCUT2D eigenvalue weighted by Gasteiger charge is 2.28. The maximum Gasteiger partial charge on any atom is 0.225 e. The number of ether oxygens (including phenoxy) is 1. The zero-order valence-corrected chi connectivity index (χ0v) is 15.6. The highest BCUT2D eigenvalue weighted by atomic mass is 16.5. The zero-order valence-electron chi connectivity index (χ0n) is 15.6. The SMILES string of the molecule is CCC(=O)N1CCC[C@@H](C(=O)N[C@H](C)CCc2ccc(OC)cc2)C1. The van der Waals surface area contributed by atoms with Gasteiger partial charge in [0.15, 0.2) is 0 Å².